The molecule has 2 unspecified atom stereocenters. The van der Waals surface area contributed by atoms with E-state index >= 15 is 0 Å². The van der Waals surface area contributed by atoms with Crippen molar-refractivity contribution in [1.29, 1.82) is 0 Å². The van der Waals surface area contributed by atoms with Crippen molar-refractivity contribution in [3.8, 4) is 0 Å². The quantitative estimate of drug-likeness (QED) is 0.708. The summed E-state index contributed by atoms with van der Waals surface area (Å²) in [5.74, 6) is 0.0445. The van der Waals surface area contributed by atoms with Gasteiger partial charge in [-0.2, -0.15) is 0 Å². The molecule has 3 rings (SSSR count). The highest BCUT2D eigenvalue weighted by molar-refractivity contribution is 6.36. The highest BCUT2D eigenvalue weighted by Gasteiger charge is 2.51. The molecule has 1 aromatic rings. The maximum atomic E-state index is 12.9. The predicted molar refractivity (Wildman–Crippen MR) is 87.0 cm³/mol. The van der Waals surface area contributed by atoms with Crippen molar-refractivity contribution < 1.29 is 4.79 Å². The average molecular weight is 326 g/mol. The lowest BCUT2D eigenvalue weighted by Gasteiger charge is -2.39. The number of hydrogen-bond acceptors (Lipinski definition) is 1. The van der Waals surface area contributed by atoms with Crippen LogP contribution in [0.5, 0.6) is 0 Å². The van der Waals surface area contributed by atoms with Crippen molar-refractivity contribution >= 4 is 29.1 Å². The van der Waals surface area contributed by atoms with Crippen LogP contribution in [0.3, 0.4) is 0 Å². The fourth-order valence-electron chi connectivity index (χ4n) is 4.51. The molecule has 2 bridgehead atoms. The minimum atomic E-state index is 0.0445. The van der Waals surface area contributed by atoms with Crippen molar-refractivity contribution in [2.75, 3.05) is 6.54 Å². The number of amides is 1. The van der Waals surface area contributed by atoms with Crippen LogP contribution in [0.25, 0.3) is 0 Å². The van der Waals surface area contributed by atoms with Crippen LogP contribution in [0.2, 0.25) is 10.0 Å². The van der Waals surface area contributed by atoms with Crippen molar-refractivity contribution in [2.45, 2.75) is 46.1 Å². The van der Waals surface area contributed by atoms with Gasteiger partial charge in [0.05, 0.1) is 10.6 Å². The zero-order valence-corrected chi connectivity index (χ0v) is 14.3. The molecule has 2 aliphatic rings. The summed E-state index contributed by atoms with van der Waals surface area (Å²) >= 11 is 12.1. The van der Waals surface area contributed by atoms with Crippen LogP contribution in [-0.2, 0) is 0 Å². The Bertz CT molecular complexity index is 598. The van der Waals surface area contributed by atoms with E-state index in [-0.39, 0.29) is 11.3 Å². The highest BCUT2D eigenvalue weighted by Crippen LogP contribution is 2.52. The Morgan fingerprint density at radius 3 is 2.62 bits per heavy atom. The van der Waals surface area contributed by atoms with Crippen LogP contribution in [0.4, 0.5) is 0 Å². The first-order valence-electron chi connectivity index (χ1n) is 7.45. The van der Waals surface area contributed by atoms with Crippen LogP contribution in [0, 0.1) is 10.8 Å². The average Bonchev–Trinajstić information content (AvgIpc) is 2.57. The molecule has 1 amide bonds. The third kappa shape index (κ3) is 2.80. The van der Waals surface area contributed by atoms with Gasteiger partial charge in [-0.05, 0) is 48.3 Å². The van der Waals surface area contributed by atoms with Crippen LogP contribution in [-0.4, -0.2) is 23.4 Å². The predicted octanol–water partition coefficient (Wildman–Crippen LogP) is 5.03. The van der Waals surface area contributed by atoms with Crippen LogP contribution >= 0.6 is 23.2 Å². The Morgan fingerprint density at radius 2 is 1.95 bits per heavy atom. The lowest BCUT2D eigenvalue weighted by Crippen LogP contribution is -2.37. The molecule has 1 aromatic carbocycles. The van der Waals surface area contributed by atoms with Gasteiger partial charge in [0.15, 0.2) is 0 Å². The first-order chi connectivity index (χ1) is 9.69. The summed E-state index contributed by atoms with van der Waals surface area (Å²) in [5, 5.41) is 1.00. The minimum Gasteiger partial charge on any atom is -0.335 e. The molecular formula is C17H21Cl2NO. The number of benzene rings is 1. The second-order valence-corrected chi connectivity index (χ2v) is 8.61. The van der Waals surface area contributed by atoms with Gasteiger partial charge in [-0.15, -0.1) is 0 Å². The number of fused-ring (bicyclic) bond motifs is 2. The SMILES string of the molecule is CC1(C)CC2CC(C)(CN2C(=O)c2ccc(Cl)cc2Cl)C1. The van der Waals surface area contributed by atoms with E-state index in [1.54, 1.807) is 18.2 Å². The normalized spacial score (nSPS) is 30.5. The van der Waals surface area contributed by atoms with Gasteiger partial charge in [0.25, 0.3) is 5.91 Å². The molecule has 0 spiro atoms. The third-order valence-corrected chi connectivity index (χ3v) is 5.39. The number of likely N-dealkylation sites (tertiary alicyclic amines) is 1. The zero-order valence-electron chi connectivity index (χ0n) is 12.7. The van der Waals surface area contributed by atoms with E-state index in [9.17, 15) is 4.79 Å². The molecule has 4 heteroatoms. The van der Waals surface area contributed by atoms with Crippen molar-refractivity contribution in [2.24, 2.45) is 10.8 Å². The van der Waals surface area contributed by atoms with Gasteiger partial charge in [-0.25, -0.2) is 0 Å². The Hall–Kier alpha value is -0.730. The maximum absolute atomic E-state index is 12.9. The van der Waals surface area contributed by atoms with Crippen molar-refractivity contribution in [3.63, 3.8) is 0 Å². The highest BCUT2D eigenvalue weighted by atomic mass is 35.5. The van der Waals surface area contributed by atoms with Crippen LogP contribution < -0.4 is 0 Å². The summed E-state index contributed by atoms with van der Waals surface area (Å²) in [6, 6.07) is 5.44. The van der Waals surface area contributed by atoms with E-state index in [0.29, 0.717) is 27.1 Å². The molecular weight excluding hydrogens is 305 g/mol. The first kappa shape index (κ1) is 15.2. The molecule has 1 saturated heterocycles. The Balaban J connectivity index is 1.90. The van der Waals surface area contributed by atoms with Gasteiger partial charge in [-0.1, -0.05) is 44.0 Å². The molecule has 0 N–H and O–H groups in total. The minimum absolute atomic E-state index is 0.0445. The van der Waals surface area contributed by atoms with Gasteiger partial charge >= 0.3 is 0 Å². The Kier molecular flexibility index (Phi) is 3.53. The molecule has 1 aliphatic heterocycles. The molecule has 0 aromatic heterocycles. The van der Waals surface area contributed by atoms with Gasteiger partial charge in [-0.3, -0.25) is 4.79 Å². The topological polar surface area (TPSA) is 20.3 Å². The number of carbonyl (C=O) groups is 1. The third-order valence-electron chi connectivity index (χ3n) is 4.84. The second kappa shape index (κ2) is 4.89. The van der Waals surface area contributed by atoms with Gasteiger partial charge in [0, 0.05) is 17.6 Å². The van der Waals surface area contributed by atoms with Crippen LogP contribution in [0.15, 0.2) is 18.2 Å². The molecule has 1 heterocycles. The second-order valence-electron chi connectivity index (χ2n) is 7.77. The molecule has 2 atom stereocenters. The summed E-state index contributed by atoms with van der Waals surface area (Å²) in [7, 11) is 0. The standard InChI is InChI=1S/C17H21Cl2NO/c1-16(2)7-12-8-17(3,9-16)10-20(12)15(21)13-5-4-11(18)6-14(13)19/h4-6,12H,7-10H2,1-3H3. The van der Waals surface area contributed by atoms with E-state index in [1.165, 1.54) is 6.42 Å². The molecule has 1 aliphatic carbocycles. The smallest absolute Gasteiger partial charge is 0.255 e. The fraction of sp³-hybridized carbons (Fsp3) is 0.588. The summed E-state index contributed by atoms with van der Waals surface area (Å²) in [6.07, 6.45) is 3.35. The Morgan fingerprint density at radius 1 is 1.24 bits per heavy atom. The molecule has 0 radical (unpaired) electrons. The van der Waals surface area contributed by atoms with E-state index in [1.807, 2.05) is 4.90 Å². The first-order valence-corrected chi connectivity index (χ1v) is 8.21. The van der Waals surface area contributed by atoms with E-state index in [4.69, 9.17) is 23.2 Å². The van der Waals surface area contributed by atoms with Crippen molar-refractivity contribution in [1.82, 2.24) is 4.90 Å². The lowest BCUT2D eigenvalue weighted by atomic mass is 9.65. The fourth-order valence-corrected chi connectivity index (χ4v) is 5.00. The summed E-state index contributed by atoms with van der Waals surface area (Å²) in [4.78, 5) is 14.9. The number of halogens is 2. The lowest BCUT2D eigenvalue weighted by molar-refractivity contribution is 0.0708. The summed E-state index contributed by atoms with van der Waals surface area (Å²) < 4.78 is 0. The number of nitrogens with zero attached hydrogens (tertiary/aromatic N) is 1. The van der Waals surface area contributed by atoms with Gasteiger partial charge in [0.1, 0.15) is 0 Å². The maximum Gasteiger partial charge on any atom is 0.255 e. The van der Waals surface area contributed by atoms with E-state index < -0.39 is 0 Å². The van der Waals surface area contributed by atoms with Crippen LogP contribution in [0.1, 0.15) is 50.4 Å². The van der Waals surface area contributed by atoms with Gasteiger partial charge in [0.2, 0.25) is 0 Å². The largest absolute Gasteiger partial charge is 0.335 e. The zero-order chi connectivity index (χ0) is 15.4. The number of carbonyl (C=O) groups excluding carboxylic acids is 1. The molecule has 114 valence electrons. The Labute approximate surface area is 136 Å². The summed E-state index contributed by atoms with van der Waals surface area (Å²) in [6.45, 7) is 7.75. The molecule has 2 fully saturated rings. The molecule has 2 nitrogen and oxygen atoms in total. The monoisotopic (exact) mass is 325 g/mol. The molecule has 21 heavy (non-hydrogen) atoms. The summed E-state index contributed by atoms with van der Waals surface area (Å²) in [5.41, 5.74) is 1.10. The van der Waals surface area contributed by atoms with Crippen molar-refractivity contribution in [3.05, 3.63) is 33.8 Å². The molecule has 1 saturated carbocycles. The van der Waals surface area contributed by atoms with Gasteiger partial charge < -0.3 is 4.90 Å². The number of rotatable bonds is 1. The van der Waals surface area contributed by atoms with E-state index in [0.717, 1.165) is 19.4 Å². The number of hydrogen-bond donors (Lipinski definition) is 0. The van der Waals surface area contributed by atoms with E-state index in [2.05, 4.69) is 20.8 Å².